The Balaban J connectivity index is 2.71. The summed E-state index contributed by atoms with van der Waals surface area (Å²) in [6.07, 6.45) is 1.13. The summed E-state index contributed by atoms with van der Waals surface area (Å²) in [5.74, 6) is -0.220. The van der Waals surface area contributed by atoms with Crippen molar-refractivity contribution in [3.05, 3.63) is 29.6 Å². The standard InChI is InChI=1S/C14H23FN2O3S/c1-10(11-6-7-12(15)13(8-11)20-4)16-9-14(2,3)17-21(5,18)19/h6-8,10,16-17H,9H2,1-5H3. The van der Waals surface area contributed by atoms with Crippen molar-refractivity contribution >= 4 is 10.0 Å². The van der Waals surface area contributed by atoms with Gasteiger partial charge < -0.3 is 10.1 Å². The molecule has 0 aliphatic heterocycles. The highest BCUT2D eigenvalue weighted by molar-refractivity contribution is 7.88. The Labute approximate surface area is 125 Å². The third kappa shape index (κ3) is 5.99. The first-order valence-electron chi connectivity index (χ1n) is 6.60. The third-order valence-corrected chi connectivity index (χ3v) is 3.91. The zero-order valence-corrected chi connectivity index (χ0v) is 13.8. The second-order valence-corrected chi connectivity index (χ2v) is 7.50. The highest BCUT2D eigenvalue weighted by Crippen LogP contribution is 2.22. The zero-order valence-electron chi connectivity index (χ0n) is 13.0. The second-order valence-electron chi connectivity index (χ2n) is 5.75. The summed E-state index contributed by atoms with van der Waals surface area (Å²) in [5.41, 5.74) is 0.245. The fourth-order valence-corrected chi connectivity index (χ4v) is 3.09. The maximum absolute atomic E-state index is 13.4. The minimum Gasteiger partial charge on any atom is -0.494 e. The lowest BCUT2D eigenvalue weighted by Gasteiger charge is -2.27. The highest BCUT2D eigenvalue weighted by Gasteiger charge is 2.22. The molecule has 1 rings (SSSR count). The number of benzene rings is 1. The van der Waals surface area contributed by atoms with E-state index in [1.807, 2.05) is 6.92 Å². The summed E-state index contributed by atoms with van der Waals surface area (Å²) >= 11 is 0. The van der Waals surface area contributed by atoms with Crippen molar-refractivity contribution in [2.45, 2.75) is 32.4 Å². The molecule has 2 N–H and O–H groups in total. The van der Waals surface area contributed by atoms with Crippen LogP contribution < -0.4 is 14.8 Å². The van der Waals surface area contributed by atoms with Crippen LogP contribution in [-0.2, 0) is 10.0 Å². The molecule has 1 aromatic rings. The molecule has 0 fully saturated rings. The molecule has 0 bridgehead atoms. The van der Waals surface area contributed by atoms with Gasteiger partial charge in [-0.3, -0.25) is 0 Å². The van der Waals surface area contributed by atoms with Crippen LogP contribution in [0.3, 0.4) is 0 Å². The molecule has 21 heavy (non-hydrogen) atoms. The van der Waals surface area contributed by atoms with Crippen LogP contribution in [-0.4, -0.2) is 33.9 Å². The molecule has 0 aliphatic carbocycles. The third-order valence-electron chi connectivity index (χ3n) is 2.99. The number of sulfonamides is 1. The molecule has 1 atom stereocenters. The van der Waals surface area contributed by atoms with Gasteiger partial charge >= 0.3 is 0 Å². The Morgan fingerprint density at radius 2 is 2.00 bits per heavy atom. The van der Waals surface area contributed by atoms with Gasteiger partial charge in [-0.15, -0.1) is 0 Å². The Bertz CT molecular complexity index is 588. The van der Waals surface area contributed by atoms with E-state index in [1.165, 1.54) is 13.2 Å². The maximum atomic E-state index is 13.4. The fourth-order valence-electron chi connectivity index (χ4n) is 2.01. The van der Waals surface area contributed by atoms with E-state index in [1.54, 1.807) is 26.0 Å². The zero-order chi connectivity index (χ0) is 16.3. The van der Waals surface area contributed by atoms with Crippen LogP contribution in [0.4, 0.5) is 4.39 Å². The van der Waals surface area contributed by atoms with E-state index in [9.17, 15) is 12.8 Å². The van der Waals surface area contributed by atoms with Crippen LogP contribution in [0.15, 0.2) is 18.2 Å². The molecular formula is C14H23FN2O3S. The molecule has 0 aliphatic rings. The molecule has 5 nitrogen and oxygen atoms in total. The first kappa shape index (κ1) is 17.9. The molecule has 1 unspecified atom stereocenters. The molecular weight excluding hydrogens is 295 g/mol. The van der Waals surface area contributed by atoms with Gasteiger partial charge in [0.1, 0.15) is 0 Å². The van der Waals surface area contributed by atoms with Crippen molar-refractivity contribution in [3.8, 4) is 5.75 Å². The van der Waals surface area contributed by atoms with Crippen LogP contribution in [0.5, 0.6) is 5.75 Å². The quantitative estimate of drug-likeness (QED) is 0.805. The van der Waals surface area contributed by atoms with Crippen molar-refractivity contribution in [1.29, 1.82) is 0 Å². The van der Waals surface area contributed by atoms with E-state index in [4.69, 9.17) is 4.74 Å². The molecule has 0 aromatic heterocycles. The maximum Gasteiger partial charge on any atom is 0.209 e. The van der Waals surface area contributed by atoms with Gasteiger partial charge in [-0.05, 0) is 38.5 Å². The van der Waals surface area contributed by atoms with Gasteiger partial charge in [0.2, 0.25) is 10.0 Å². The fraction of sp³-hybridized carbons (Fsp3) is 0.571. The molecule has 1 aromatic carbocycles. The Kier molecular flexibility index (Phi) is 5.72. The van der Waals surface area contributed by atoms with Crippen LogP contribution in [0.1, 0.15) is 32.4 Å². The summed E-state index contributed by atoms with van der Waals surface area (Å²) < 4.78 is 43.5. The van der Waals surface area contributed by atoms with Gasteiger partial charge in [-0.2, -0.15) is 0 Å². The van der Waals surface area contributed by atoms with Crippen molar-refractivity contribution in [2.75, 3.05) is 19.9 Å². The van der Waals surface area contributed by atoms with Crippen molar-refractivity contribution in [2.24, 2.45) is 0 Å². The van der Waals surface area contributed by atoms with Gasteiger partial charge in [-0.25, -0.2) is 17.5 Å². The number of halogens is 1. The lowest BCUT2D eigenvalue weighted by Crippen LogP contribution is -2.50. The molecule has 0 radical (unpaired) electrons. The van der Waals surface area contributed by atoms with E-state index in [0.29, 0.717) is 6.54 Å². The Morgan fingerprint density at radius 3 is 2.52 bits per heavy atom. The van der Waals surface area contributed by atoms with Crippen molar-refractivity contribution in [1.82, 2.24) is 10.0 Å². The van der Waals surface area contributed by atoms with Crippen LogP contribution in [0, 0.1) is 5.82 Å². The lowest BCUT2D eigenvalue weighted by atomic mass is 10.0. The van der Waals surface area contributed by atoms with Gasteiger partial charge in [0.15, 0.2) is 11.6 Å². The van der Waals surface area contributed by atoms with Crippen molar-refractivity contribution in [3.63, 3.8) is 0 Å². The van der Waals surface area contributed by atoms with E-state index >= 15 is 0 Å². The van der Waals surface area contributed by atoms with E-state index in [2.05, 4.69) is 10.0 Å². The first-order valence-corrected chi connectivity index (χ1v) is 8.49. The Morgan fingerprint density at radius 1 is 1.38 bits per heavy atom. The topological polar surface area (TPSA) is 67.4 Å². The number of hydrogen-bond donors (Lipinski definition) is 2. The predicted molar refractivity (Wildman–Crippen MR) is 81.4 cm³/mol. The molecule has 0 saturated carbocycles. The lowest BCUT2D eigenvalue weighted by molar-refractivity contribution is 0.381. The minimum atomic E-state index is -3.27. The summed E-state index contributed by atoms with van der Waals surface area (Å²) in [6, 6.07) is 4.59. The first-order chi connectivity index (χ1) is 9.54. The molecule has 0 heterocycles. The number of nitrogens with one attached hydrogen (secondary N) is 2. The molecule has 7 heteroatoms. The van der Waals surface area contributed by atoms with Gasteiger partial charge in [0.25, 0.3) is 0 Å². The molecule has 0 saturated heterocycles. The largest absolute Gasteiger partial charge is 0.494 e. The monoisotopic (exact) mass is 318 g/mol. The van der Waals surface area contributed by atoms with E-state index in [0.717, 1.165) is 11.8 Å². The SMILES string of the molecule is COc1cc(C(C)NCC(C)(C)NS(C)(=O)=O)ccc1F. The summed E-state index contributed by atoms with van der Waals surface area (Å²) in [4.78, 5) is 0. The number of ether oxygens (including phenoxy) is 1. The highest BCUT2D eigenvalue weighted by atomic mass is 32.2. The van der Waals surface area contributed by atoms with Gasteiger partial charge in [0, 0.05) is 18.1 Å². The molecule has 120 valence electrons. The van der Waals surface area contributed by atoms with E-state index in [-0.39, 0.29) is 11.8 Å². The number of hydrogen-bond acceptors (Lipinski definition) is 4. The van der Waals surface area contributed by atoms with E-state index < -0.39 is 21.4 Å². The molecule has 0 amide bonds. The van der Waals surface area contributed by atoms with Crippen LogP contribution in [0.2, 0.25) is 0 Å². The average molecular weight is 318 g/mol. The van der Waals surface area contributed by atoms with Crippen LogP contribution in [0.25, 0.3) is 0 Å². The predicted octanol–water partition coefficient (Wildman–Crippen LogP) is 1.81. The van der Waals surface area contributed by atoms with Crippen LogP contribution >= 0.6 is 0 Å². The van der Waals surface area contributed by atoms with Crippen molar-refractivity contribution < 1.29 is 17.5 Å². The number of methoxy groups -OCH3 is 1. The van der Waals surface area contributed by atoms with Gasteiger partial charge in [0.05, 0.1) is 13.4 Å². The number of rotatable bonds is 7. The summed E-state index contributed by atoms with van der Waals surface area (Å²) in [6.45, 7) is 5.93. The normalized spacial score (nSPS) is 14.0. The second kappa shape index (κ2) is 6.72. The smallest absolute Gasteiger partial charge is 0.209 e. The Hall–Kier alpha value is -1.18. The average Bonchev–Trinajstić information content (AvgIpc) is 2.34. The minimum absolute atomic E-state index is 0.0693. The summed E-state index contributed by atoms with van der Waals surface area (Å²) in [7, 11) is -1.85. The molecule has 0 spiro atoms. The summed E-state index contributed by atoms with van der Waals surface area (Å²) in [5, 5.41) is 3.23. The van der Waals surface area contributed by atoms with Gasteiger partial charge in [-0.1, -0.05) is 6.07 Å².